The Bertz CT molecular complexity index is 594. The van der Waals surface area contributed by atoms with E-state index >= 15 is 0 Å². The highest BCUT2D eigenvalue weighted by Crippen LogP contribution is 2.19. The lowest BCUT2D eigenvalue weighted by atomic mass is 10.1. The van der Waals surface area contributed by atoms with Crippen molar-refractivity contribution in [2.75, 3.05) is 26.0 Å². The molecule has 1 rings (SSSR count). The van der Waals surface area contributed by atoms with Gasteiger partial charge in [-0.15, -0.1) is 0 Å². The Morgan fingerprint density at radius 3 is 2.23 bits per heavy atom. The summed E-state index contributed by atoms with van der Waals surface area (Å²) in [5.41, 5.74) is 1.09. The van der Waals surface area contributed by atoms with Crippen molar-refractivity contribution in [3.05, 3.63) is 29.8 Å². The maximum Gasteiger partial charge on any atom is 0.408 e. The first kappa shape index (κ1) is 21.9. The summed E-state index contributed by atoms with van der Waals surface area (Å²) in [6.45, 7) is 7.08. The van der Waals surface area contributed by atoms with E-state index in [0.29, 0.717) is 5.69 Å². The van der Waals surface area contributed by atoms with Crippen LogP contribution in [0, 0.1) is 0 Å². The molecule has 0 fully saturated rings. The third-order valence-electron chi connectivity index (χ3n) is 3.86. The minimum atomic E-state index is -0.879. The van der Waals surface area contributed by atoms with Gasteiger partial charge in [0.25, 0.3) is 0 Å². The van der Waals surface area contributed by atoms with Crippen molar-refractivity contribution in [3.63, 3.8) is 0 Å². The van der Waals surface area contributed by atoms with Crippen LogP contribution < -0.4 is 10.6 Å². The molecule has 7 heteroatoms. The lowest BCUT2D eigenvalue weighted by molar-refractivity contribution is -0.118. The molecule has 26 heavy (non-hydrogen) atoms. The van der Waals surface area contributed by atoms with Gasteiger partial charge < -0.3 is 25.4 Å². The summed E-state index contributed by atoms with van der Waals surface area (Å²) < 4.78 is 5.16. The summed E-state index contributed by atoms with van der Waals surface area (Å²) in [5.74, 6) is -0.404. The first-order chi connectivity index (χ1) is 12.0. The molecular formula is C19H31N3O4. The first-order valence-corrected chi connectivity index (χ1v) is 8.71. The summed E-state index contributed by atoms with van der Waals surface area (Å²) in [5, 5.41) is 14.4. The number of carbonyl (C=O) groups excluding carboxylic acids is 2. The molecule has 0 bridgehead atoms. The van der Waals surface area contributed by atoms with E-state index in [9.17, 15) is 9.59 Å². The van der Waals surface area contributed by atoms with E-state index in [4.69, 9.17) is 9.84 Å². The van der Waals surface area contributed by atoms with Gasteiger partial charge >= 0.3 is 6.09 Å². The Morgan fingerprint density at radius 1 is 1.19 bits per heavy atom. The number of hydrogen-bond acceptors (Lipinski definition) is 5. The molecule has 0 saturated heterocycles. The lowest BCUT2D eigenvalue weighted by Crippen LogP contribution is -2.46. The monoisotopic (exact) mass is 365 g/mol. The fraction of sp³-hybridized carbons (Fsp3) is 0.579. The van der Waals surface area contributed by atoms with Crippen LogP contribution in [0.25, 0.3) is 0 Å². The number of ether oxygens (including phenoxy) is 1. The predicted octanol–water partition coefficient (Wildman–Crippen LogP) is 2.52. The van der Waals surface area contributed by atoms with Crippen LogP contribution in [0.4, 0.5) is 10.5 Å². The predicted molar refractivity (Wildman–Crippen MR) is 102 cm³/mol. The van der Waals surface area contributed by atoms with E-state index in [0.717, 1.165) is 5.56 Å². The Morgan fingerprint density at radius 2 is 1.77 bits per heavy atom. The molecule has 0 aliphatic rings. The van der Waals surface area contributed by atoms with Crippen molar-refractivity contribution in [2.45, 2.75) is 51.8 Å². The molecule has 0 aliphatic carbocycles. The molecule has 0 heterocycles. The van der Waals surface area contributed by atoms with E-state index in [1.54, 1.807) is 20.8 Å². The highest BCUT2D eigenvalue weighted by Gasteiger charge is 2.24. The quantitative estimate of drug-likeness (QED) is 0.691. The van der Waals surface area contributed by atoms with Gasteiger partial charge in [-0.25, -0.2) is 4.79 Å². The number of hydrogen-bond donors (Lipinski definition) is 3. The fourth-order valence-corrected chi connectivity index (χ4v) is 2.22. The summed E-state index contributed by atoms with van der Waals surface area (Å²) in [6, 6.07) is 6.91. The minimum Gasteiger partial charge on any atom is -0.444 e. The normalized spacial score (nSPS) is 13.8. The molecule has 2 unspecified atom stereocenters. The second-order valence-corrected chi connectivity index (χ2v) is 7.46. The summed E-state index contributed by atoms with van der Waals surface area (Å²) in [7, 11) is 4.00. The topological polar surface area (TPSA) is 90.9 Å². The zero-order valence-corrected chi connectivity index (χ0v) is 16.5. The Hall–Kier alpha value is -2.12. The number of amides is 2. The zero-order valence-electron chi connectivity index (χ0n) is 16.5. The largest absolute Gasteiger partial charge is 0.444 e. The molecule has 1 aromatic carbocycles. The number of nitrogens with zero attached hydrogens (tertiary/aromatic N) is 1. The highest BCUT2D eigenvalue weighted by molar-refractivity contribution is 5.96. The lowest BCUT2D eigenvalue weighted by Gasteiger charge is -2.23. The molecule has 0 saturated carbocycles. The Labute approximate surface area is 155 Å². The van der Waals surface area contributed by atoms with Crippen molar-refractivity contribution in [2.24, 2.45) is 0 Å². The first-order valence-electron chi connectivity index (χ1n) is 8.71. The van der Waals surface area contributed by atoms with Crippen LogP contribution in [0.2, 0.25) is 0 Å². The van der Waals surface area contributed by atoms with Crippen molar-refractivity contribution < 1.29 is 19.4 Å². The number of anilines is 1. The molecule has 1 aromatic rings. The maximum atomic E-state index is 12.4. The van der Waals surface area contributed by atoms with Crippen LogP contribution in [0.1, 0.15) is 45.7 Å². The summed E-state index contributed by atoms with van der Waals surface area (Å²) in [6.07, 6.45) is -0.595. The van der Waals surface area contributed by atoms with Gasteiger partial charge in [0.1, 0.15) is 11.6 Å². The van der Waals surface area contributed by atoms with Crippen molar-refractivity contribution in [3.8, 4) is 0 Å². The fourth-order valence-electron chi connectivity index (χ4n) is 2.22. The third-order valence-corrected chi connectivity index (χ3v) is 3.86. The van der Waals surface area contributed by atoms with Gasteiger partial charge in [0.15, 0.2) is 0 Å². The van der Waals surface area contributed by atoms with Crippen molar-refractivity contribution >= 4 is 17.7 Å². The number of carbonyl (C=O) groups is 2. The number of aliphatic hydroxyl groups excluding tert-OH is 1. The molecule has 2 amide bonds. The molecule has 0 aliphatic heterocycles. The summed E-state index contributed by atoms with van der Waals surface area (Å²) in [4.78, 5) is 26.4. The van der Waals surface area contributed by atoms with Gasteiger partial charge in [-0.2, -0.15) is 0 Å². The Balaban J connectivity index is 2.73. The molecule has 0 spiro atoms. The molecular weight excluding hydrogens is 334 g/mol. The molecule has 0 radical (unpaired) electrons. The molecule has 3 N–H and O–H groups in total. The molecule has 2 atom stereocenters. The molecule has 0 aromatic heterocycles. The average molecular weight is 365 g/mol. The van der Waals surface area contributed by atoms with Crippen LogP contribution in [0.15, 0.2) is 24.3 Å². The van der Waals surface area contributed by atoms with Crippen molar-refractivity contribution in [1.29, 1.82) is 0 Å². The zero-order chi connectivity index (χ0) is 19.9. The smallest absolute Gasteiger partial charge is 0.408 e. The number of aliphatic hydroxyl groups is 1. The minimum absolute atomic E-state index is 0.0980. The van der Waals surface area contributed by atoms with E-state index in [2.05, 4.69) is 22.5 Å². The highest BCUT2D eigenvalue weighted by atomic mass is 16.6. The van der Waals surface area contributed by atoms with Gasteiger partial charge in [-0.05, 0) is 65.9 Å². The second-order valence-electron chi connectivity index (χ2n) is 7.46. The second kappa shape index (κ2) is 9.54. The number of alkyl carbamates (subject to hydrolysis) is 1. The van der Waals surface area contributed by atoms with Crippen LogP contribution in [0.3, 0.4) is 0 Å². The third kappa shape index (κ3) is 7.41. The molecule has 146 valence electrons. The van der Waals surface area contributed by atoms with Crippen LogP contribution in [-0.2, 0) is 9.53 Å². The van der Waals surface area contributed by atoms with Crippen LogP contribution in [-0.4, -0.2) is 54.4 Å². The van der Waals surface area contributed by atoms with Gasteiger partial charge in [0, 0.05) is 18.3 Å². The van der Waals surface area contributed by atoms with Crippen molar-refractivity contribution in [1.82, 2.24) is 10.2 Å². The number of rotatable bonds is 7. The Kier molecular flexibility index (Phi) is 8.05. The van der Waals surface area contributed by atoms with Gasteiger partial charge in [0.05, 0.1) is 0 Å². The van der Waals surface area contributed by atoms with Crippen LogP contribution in [0.5, 0.6) is 0 Å². The van der Waals surface area contributed by atoms with Gasteiger partial charge in [-0.3, -0.25) is 4.79 Å². The van der Waals surface area contributed by atoms with E-state index in [1.807, 2.05) is 38.4 Å². The van der Waals surface area contributed by atoms with E-state index in [-0.39, 0.29) is 19.1 Å². The number of nitrogens with one attached hydrogen (secondary N) is 2. The van der Waals surface area contributed by atoms with E-state index < -0.39 is 23.6 Å². The van der Waals surface area contributed by atoms with Gasteiger partial charge in [-0.1, -0.05) is 12.1 Å². The average Bonchev–Trinajstić information content (AvgIpc) is 2.52. The number of benzene rings is 1. The van der Waals surface area contributed by atoms with Gasteiger partial charge in [0.2, 0.25) is 5.91 Å². The summed E-state index contributed by atoms with van der Waals surface area (Å²) >= 11 is 0. The standard InChI is InChI=1S/C19H31N3O4/c1-13(22(5)6)14-7-9-15(10-8-14)20-17(24)16(11-12-23)21-18(25)26-19(2,3)4/h7-10,13,16,23H,11-12H2,1-6H3,(H,20,24)(H,21,25). The maximum absolute atomic E-state index is 12.4. The van der Waals surface area contributed by atoms with E-state index in [1.165, 1.54) is 0 Å². The molecule has 7 nitrogen and oxygen atoms in total. The SMILES string of the molecule is CC(c1ccc(NC(=O)C(CCO)NC(=O)OC(C)(C)C)cc1)N(C)C. The van der Waals surface area contributed by atoms with Crippen LogP contribution >= 0.6 is 0 Å².